The van der Waals surface area contributed by atoms with Crippen molar-refractivity contribution in [3.05, 3.63) is 0 Å². The normalized spacial score (nSPS) is 12.5. The molecule has 0 heterocycles. The van der Waals surface area contributed by atoms with Crippen molar-refractivity contribution in [2.24, 2.45) is 11.8 Å². The Hall–Kier alpha value is -1.59. The second kappa shape index (κ2) is 43.0. The summed E-state index contributed by atoms with van der Waals surface area (Å²) in [5, 5.41) is 0. The van der Waals surface area contributed by atoms with Gasteiger partial charge in [-0.3, -0.25) is 14.4 Å². The van der Waals surface area contributed by atoms with Gasteiger partial charge >= 0.3 is 17.9 Å². The quantitative estimate of drug-likeness (QED) is 0.0347. The molecule has 6 heteroatoms. The molecule has 2 atom stereocenters. The van der Waals surface area contributed by atoms with Crippen molar-refractivity contribution < 1.29 is 28.6 Å². The van der Waals surface area contributed by atoms with E-state index in [1.807, 2.05) is 0 Å². The van der Waals surface area contributed by atoms with Crippen LogP contribution in [0.4, 0.5) is 0 Å². The van der Waals surface area contributed by atoms with E-state index in [0.717, 1.165) is 76.0 Å². The van der Waals surface area contributed by atoms with E-state index in [4.69, 9.17) is 14.2 Å². The Balaban J connectivity index is 4.09. The molecule has 332 valence electrons. The van der Waals surface area contributed by atoms with Gasteiger partial charge in [0.05, 0.1) is 0 Å². The van der Waals surface area contributed by atoms with E-state index in [1.165, 1.54) is 154 Å². The molecule has 0 aliphatic carbocycles. The zero-order valence-corrected chi connectivity index (χ0v) is 38.3. The molecule has 0 aromatic carbocycles. The minimum absolute atomic E-state index is 0.0657. The first kappa shape index (κ1) is 54.4. The Morgan fingerprint density at radius 3 is 1.02 bits per heavy atom. The number of carbonyl (C=O) groups is 3. The van der Waals surface area contributed by atoms with E-state index in [1.54, 1.807) is 0 Å². The summed E-state index contributed by atoms with van der Waals surface area (Å²) in [6.07, 6.45) is 42.7. The molecule has 0 fully saturated rings. The van der Waals surface area contributed by atoms with Crippen LogP contribution in [0.2, 0.25) is 0 Å². The van der Waals surface area contributed by atoms with Crippen LogP contribution >= 0.6 is 0 Å². The van der Waals surface area contributed by atoms with E-state index < -0.39 is 6.10 Å². The van der Waals surface area contributed by atoms with Gasteiger partial charge in [-0.15, -0.1) is 0 Å². The van der Waals surface area contributed by atoms with Crippen molar-refractivity contribution in [2.45, 2.75) is 278 Å². The second-order valence-corrected chi connectivity index (χ2v) is 17.8. The molecule has 56 heavy (non-hydrogen) atoms. The Bertz CT molecular complexity index is 856. The minimum Gasteiger partial charge on any atom is -0.462 e. The summed E-state index contributed by atoms with van der Waals surface area (Å²) in [6.45, 7) is 11.3. The summed E-state index contributed by atoms with van der Waals surface area (Å²) in [5.41, 5.74) is 0. The number of ether oxygens (including phenoxy) is 3. The maximum absolute atomic E-state index is 12.7. The van der Waals surface area contributed by atoms with E-state index in [0.29, 0.717) is 19.3 Å². The molecule has 0 aromatic rings. The monoisotopic (exact) mass is 793 g/mol. The van der Waals surface area contributed by atoms with Crippen molar-refractivity contribution in [3.63, 3.8) is 0 Å². The lowest BCUT2D eigenvalue weighted by atomic mass is 9.99. The predicted molar refractivity (Wildman–Crippen MR) is 238 cm³/mol. The van der Waals surface area contributed by atoms with Crippen molar-refractivity contribution in [1.82, 2.24) is 0 Å². The van der Waals surface area contributed by atoms with Crippen LogP contribution in [0.3, 0.4) is 0 Å². The lowest BCUT2D eigenvalue weighted by molar-refractivity contribution is -0.167. The van der Waals surface area contributed by atoms with Crippen LogP contribution in [0, 0.1) is 11.8 Å². The molecule has 0 saturated heterocycles. The van der Waals surface area contributed by atoms with Gasteiger partial charge < -0.3 is 14.2 Å². The number of hydrogen-bond donors (Lipinski definition) is 0. The van der Waals surface area contributed by atoms with Crippen LogP contribution in [0.1, 0.15) is 272 Å². The third kappa shape index (κ3) is 42.0. The number of rotatable bonds is 44. The van der Waals surface area contributed by atoms with Crippen LogP contribution in [0.25, 0.3) is 0 Å². The maximum atomic E-state index is 12.7. The highest BCUT2D eigenvalue weighted by atomic mass is 16.6. The molecule has 6 nitrogen and oxygen atoms in total. The molecule has 0 aromatic heterocycles. The average Bonchev–Trinajstić information content (AvgIpc) is 3.18. The molecule has 0 saturated carbocycles. The van der Waals surface area contributed by atoms with Crippen molar-refractivity contribution >= 4 is 17.9 Å². The third-order valence-corrected chi connectivity index (χ3v) is 11.6. The summed E-state index contributed by atoms with van der Waals surface area (Å²) in [4.78, 5) is 37.5. The number of hydrogen-bond acceptors (Lipinski definition) is 6. The van der Waals surface area contributed by atoms with Crippen LogP contribution in [-0.4, -0.2) is 37.2 Å². The van der Waals surface area contributed by atoms with Crippen molar-refractivity contribution in [1.29, 1.82) is 0 Å². The lowest BCUT2D eigenvalue weighted by Crippen LogP contribution is -2.30. The van der Waals surface area contributed by atoms with Crippen LogP contribution in [0.15, 0.2) is 0 Å². The molecular weight excluding hydrogens is 697 g/mol. The van der Waals surface area contributed by atoms with Crippen LogP contribution < -0.4 is 0 Å². The molecule has 0 aliphatic heterocycles. The summed E-state index contributed by atoms with van der Waals surface area (Å²) in [7, 11) is 0. The zero-order chi connectivity index (χ0) is 41.2. The summed E-state index contributed by atoms with van der Waals surface area (Å²) < 4.78 is 16.6. The first-order valence-corrected chi connectivity index (χ1v) is 24.8. The summed E-state index contributed by atoms with van der Waals surface area (Å²) in [5.74, 6) is 0.839. The van der Waals surface area contributed by atoms with Gasteiger partial charge in [-0.2, -0.15) is 0 Å². The topological polar surface area (TPSA) is 78.9 Å². The lowest BCUT2D eigenvalue weighted by Gasteiger charge is -2.18. The average molecular weight is 793 g/mol. The predicted octanol–water partition coefficient (Wildman–Crippen LogP) is 15.8. The molecule has 0 spiro atoms. The smallest absolute Gasteiger partial charge is 0.306 e. The second-order valence-electron chi connectivity index (χ2n) is 17.8. The first-order chi connectivity index (χ1) is 27.3. The SMILES string of the molecule is CCCCCCCC(=O)OC[C@H](COC(=O)CCCCCCCCCCC(C)CC)OC(=O)CCCCCCCCCCCCCCCCCCCCC(C)C. The summed E-state index contributed by atoms with van der Waals surface area (Å²) in [6, 6.07) is 0. The van der Waals surface area contributed by atoms with E-state index in [-0.39, 0.29) is 31.1 Å². The highest BCUT2D eigenvalue weighted by Crippen LogP contribution is 2.18. The van der Waals surface area contributed by atoms with Gasteiger partial charge in [0.25, 0.3) is 0 Å². The highest BCUT2D eigenvalue weighted by molar-refractivity contribution is 5.71. The fraction of sp³-hybridized carbons (Fsp3) is 0.940. The Kier molecular flexibility index (Phi) is 41.8. The van der Waals surface area contributed by atoms with Gasteiger partial charge in [0.1, 0.15) is 13.2 Å². The fourth-order valence-electron chi connectivity index (χ4n) is 7.43. The van der Waals surface area contributed by atoms with Crippen LogP contribution in [-0.2, 0) is 28.6 Å². The fourth-order valence-corrected chi connectivity index (χ4v) is 7.43. The standard InChI is InChI=1S/C50H96O6/c1-6-8-9-28-35-40-48(51)54-43-47(44-55-49(52)41-36-31-26-23-22-25-30-34-39-46(5)7-2)56-50(53)42-37-32-27-21-19-17-15-13-11-10-12-14-16-18-20-24-29-33-38-45(3)4/h45-47H,6-44H2,1-5H3/t46?,47-/m1/s1. The molecule has 0 radical (unpaired) electrons. The maximum Gasteiger partial charge on any atom is 0.306 e. The van der Waals surface area contributed by atoms with Gasteiger partial charge in [-0.1, -0.05) is 234 Å². The van der Waals surface area contributed by atoms with Gasteiger partial charge in [0.15, 0.2) is 6.10 Å². The first-order valence-electron chi connectivity index (χ1n) is 24.8. The molecule has 1 unspecified atom stereocenters. The van der Waals surface area contributed by atoms with Crippen molar-refractivity contribution in [2.75, 3.05) is 13.2 Å². The van der Waals surface area contributed by atoms with Gasteiger partial charge in [0, 0.05) is 19.3 Å². The molecular formula is C50H96O6. The zero-order valence-electron chi connectivity index (χ0n) is 38.3. The van der Waals surface area contributed by atoms with Gasteiger partial charge in [0.2, 0.25) is 0 Å². The number of carbonyl (C=O) groups excluding carboxylic acids is 3. The van der Waals surface area contributed by atoms with Crippen LogP contribution in [0.5, 0.6) is 0 Å². The third-order valence-electron chi connectivity index (χ3n) is 11.6. The van der Waals surface area contributed by atoms with Gasteiger partial charge in [-0.25, -0.2) is 0 Å². The molecule has 0 bridgehead atoms. The Morgan fingerprint density at radius 2 is 0.679 bits per heavy atom. The van der Waals surface area contributed by atoms with E-state index in [2.05, 4.69) is 34.6 Å². The molecule has 0 N–H and O–H groups in total. The van der Waals surface area contributed by atoms with Crippen molar-refractivity contribution in [3.8, 4) is 0 Å². The largest absolute Gasteiger partial charge is 0.462 e. The Labute approximate surface area is 348 Å². The molecule has 0 amide bonds. The molecule has 0 aliphatic rings. The summed E-state index contributed by atoms with van der Waals surface area (Å²) >= 11 is 0. The number of unbranched alkanes of at least 4 members (excludes halogenated alkanes) is 28. The van der Waals surface area contributed by atoms with Gasteiger partial charge in [-0.05, 0) is 31.1 Å². The van der Waals surface area contributed by atoms with E-state index >= 15 is 0 Å². The molecule has 0 rings (SSSR count). The highest BCUT2D eigenvalue weighted by Gasteiger charge is 2.19. The minimum atomic E-state index is -0.759. The number of esters is 3. The van der Waals surface area contributed by atoms with E-state index in [9.17, 15) is 14.4 Å². The Morgan fingerprint density at radius 1 is 0.375 bits per heavy atom.